The standard InChI is InChI=1S/C24H28N4O3S/c1-16(2)28-21-12-18(13-22(29)26-24(3)14-32(30,31)15-24)7-8-20(21)23(27-28)19-6-4-5-17(11-19)9-10-25/h4-6,11,13,16H,7-9,12,14-15H2,1-3H3,(H,26,29)/b18-13-. The van der Waals surface area contributed by atoms with E-state index in [0.29, 0.717) is 12.8 Å². The first kappa shape index (κ1) is 22.3. The van der Waals surface area contributed by atoms with Crippen LogP contribution < -0.4 is 5.32 Å². The van der Waals surface area contributed by atoms with Gasteiger partial charge in [0.25, 0.3) is 0 Å². The predicted octanol–water partition coefficient (Wildman–Crippen LogP) is 2.92. The van der Waals surface area contributed by atoms with Crippen molar-refractivity contribution in [2.24, 2.45) is 0 Å². The molecule has 1 aliphatic carbocycles. The van der Waals surface area contributed by atoms with Gasteiger partial charge in [-0.05, 0) is 45.2 Å². The topological polar surface area (TPSA) is 105 Å². The van der Waals surface area contributed by atoms with Gasteiger partial charge in [-0.25, -0.2) is 8.42 Å². The Bertz CT molecular complexity index is 1240. The summed E-state index contributed by atoms with van der Waals surface area (Å²) in [5, 5.41) is 16.8. The third kappa shape index (κ3) is 4.49. The monoisotopic (exact) mass is 452 g/mol. The van der Waals surface area contributed by atoms with Crippen molar-refractivity contribution in [3.05, 3.63) is 52.7 Å². The molecule has 7 nitrogen and oxygen atoms in total. The van der Waals surface area contributed by atoms with E-state index < -0.39 is 15.4 Å². The highest BCUT2D eigenvalue weighted by Crippen LogP contribution is 2.35. The van der Waals surface area contributed by atoms with Crippen LogP contribution in [0.1, 0.15) is 50.1 Å². The first-order valence-electron chi connectivity index (χ1n) is 10.9. The second kappa shape index (κ2) is 8.21. The number of nitrogens with zero attached hydrogens (tertiary/aromatic N) is 3. The number of amides is 1. The van der Waals surface area contributed by atoms with Crippen LogP contribution in [0.2, 0.25) is 0 Å². The van der Waals surface area contributed by atoms with Crippen LogP contribution in [0.25, 0.3) is 11.3 Å². The van der Waals surface area contributed by atoms with Crippen molar-refractivity contribution in [3.63, 3.8) is 0 Å². The van der Waals surface area contributed by atoms with Crippen molar-refractivity contribution in [2.45, 2.75) is 58.0 Å². The molecule has 1 aliphatic heterocycles. The van der Waals surface area contributed by atoms with E-state index in [2.05, 4.69) is 25.2 Å². The fraction of sp³-hybridized carbons (Fsp3) is 0.458. The fourth-order valence-electron chi connectivity index (χ4n) is 4.76. The van der Waals surface area contributed by atoms with Crippen molar-refractivity contribution in [2.75, 3.05) is 11.5 Å². The van der Waals surface area contributed by atoms with Crippen molar-refractivity contribution in [3.8, 4) is 17.3 Å². The smallest absolute Gasteiger partial charge is 0.244 e. The Morgan fingerprint density at radius 1 is 1.34 bits per heavy atom. The Hall–Kier alpha value is -2.92. The lowest BCUT2D eigenvalue weighted by atomic mass is 9.89. The Morgan fingerprint density at radius 2 is 2.09 bits per heavy atom. The number of sulfone groups is 1. The second-order valence-electron chi connectivity index (χ2n) is 9.41. The number of allylic oxidation sites excluding steroid dienone is 1. The van der Waals surface area contributed by atoms with Crippen molar-refractivity contribution in [1.29, 1.82) is 5.26 Å². The van der Waals surface area contributed by atoms with Crippen molar-refractivity contribution >= 4 is 15.7 Å². The number of hydrogen-bond acceptors (Lipinski definition) is 5. The summed E-state index contributed by atoms with van der Waals surface area (Å²) in [6.07, 6.45) is 4.17. The average Bonchev–Trinajstić information content (AvgIpc) is 3.05. The van der Waals surface area contributed by atoms with Crippen LogP contribution in [-0.4, -0.2) is 41.2 Å². The molecule has 0 saturated carbocycles. The van der Waals surface area contributed by atoms with Gasteiger partial charge < -0.3 is 5.32 Å². The van der Waals surface area contributed by atoms with E-state index in [0.717, 1.165) is 40.9 Å². The average molecular weight is 453 g/mol. The zero-order valence-corrected chi connectivity index (χ0v) is 19.5. The molecular weight excluding hydrogens is 424 g/mol. The van der Waals surface area contributed by atoms with E-state index in [1.165, 1.54) is 5.56 Å². The first-order chi connectivity index (χ1) is 15.1. The number of rotatable bonds is 5. The highest BCUT2D eigenvalue weighted by Gasteiger charge is 2.45. The molecule has 8 heteroatoms. The number of benzene rings is 1. The van der Waals surface area contributed by atoms with Gasteiger partial charge in [0.15, 0.2) is 9.84 Å². The van der Waals surface area contributed by atoms with Crippen molar-refractivity contribution in [1.82, 2.24) is 15.1 Å². The Kier molecular flexibility index (Phi) is 5.72. The van der Waals surface area contributed by atoms with Gasteiger partial charge in [0.05, 0.1) is 35.2 Å². The highest BCUT2D eigenvalue weighted by molar-refractivity contribution is 7.93. The van der Waals surface area contributed by atoms with E-state index in [1.54, 1.807) is 13.0 Å². The molecule has 1 saturated heterocycles. The third-order valence-corrected chi connectivity index (χ3v) is 8.17. The van der Waals surface area contributed by atoms with E-state index in [4.69, 9.17) is 10.4 Å². The molecule has 1 fully saturated rings. The molecule has 2 aromatic rings. The quantitative estimate of drug-likeness (QED) is 0.703. The lowest BCUT2D eigenvalue weighted by Crippen LogP contribution is -2.63. The zero-order chi connectivity index (χ0) is 23.1. The van der Waals surface area contributed by atoms with Crippen molar-refractivity contribution < 1.29 is 13.2 Å². The van der Waals surface area contributed by atoms with Gasteiger partial charge in [0.2, 0.25) is 5.91 Å². The van der Waals surface area contributed by atoms with Gasteiger partial charge in [0, 0.05) is 35.4 Å². The van der Waals surface area contributed by atoms with Crippen LogP contribution in [0.4, 0.5) is 0 Å². The summed E-state index contributed by atoms with van der Waals surface area (Å²) < 4.78 is 25.0. The van der Waals surface area contributed by atoms with E-state index >= 15 is 0 Å². The maximum atomic E-state index is 12.6. The molecule has 0 unspecified atom stereocenters. The van der Waals surface area contributed by atoms with Crippen LogP contribution in [-0.2, 0) is 33.9 Å². The minimum absolute atomic E-state index is 0.00654. The van der Waals surface area contributed by atoms with Crippen LogP contribution in [0.15, 0.2) is 35.9 Å². The third-order valence-electron chi connectivity index (χ3n) is 6.02. The van der Waals surface area contributed by atoms with Crippen LogP contribution in [0, 0.1) is 11.3 Å². The number of nitrogens with one attached hydrogen (secondary N) is 1. The molecule has 168 valence electrons. The van der Waals surface area contributed by atoms with Gasteiger partial charge in [-0.1, -0.05) is 23.8 Å². The van der Waals surface area contributed by atoms with Gasteiger partial charge in [-0.15, -0.1) is 0 Å². The number of carbonyl (C=O) groups excluding carboxylic acids is 1. The van der Waals surface area contributed by atoms with Gasteiger partial charge >= 0.3 is 0 Å². The number of aromatic nitrogens is 2. The second-order valence-corrected chi connectivity index (χ2v) is 11.5. The maximum absolute atomic E-state index is 12.6. The molecule has 2 heterocycles. The largest absolute Gasteiger partial charge is 0.345 e. The number of fused-ring (bicyclic) bond motifs is 1. The molecule has 1 N–H and O–H groups in total. The SMILES string of the molecule is CC(C)n1nc(-c2cccc(CC#N)c2)c2c1C/C(=C\C(=O)NC1(C)CS(=O)(=O)C1)CC2. The minimum atomic E-state index is -3.02. The Balaban J connectivity index is 1.59. The fourth-order valence-corrected chi connectivity index (χ4v) is 6.77. The minimum Gasteiger partial charge on any atom is -0.345 e. The molecule has 32 heavy (non-hydrogen) atoms. The molecule has 1 aromatic carbocycles. The molecule has 0 bridgehead atoms. The summed E-state index contributed by atoms with van der Waals surface area (Å²) in [4.78, 5) is 12.6. The van der Waals surface area contributed by atoms with Crippen LogP contribution in [0.3, 0.4) is 0 Å². The molecule has 1 amide bonds. The Labute approximate surface area is 189 Å². The molecule has 1 aromatic heterocycles. The zero-order valence-electron chi connectivity index (χ0n) is 18.7. The molecule has 0 radical (unpaired) electrons. The molecule has 4 rings (SSSR count). The van der Waals surface area contributed by atoms with E-state index in [1.807, 2.05) is 28.9 Å². The summed E-state index contributed by atoms with van der Waals surface area (Å²) in [5.41, 5.74) is 5.59. The van der Waals surface area contributed by atoms with E-state index in [9.17, 15) is 13.2 Å². The lowest BCUT2D eigenvalue weighted by molar-refractivity contribution is -0.117. The van der Waals surface area contributed by atoms with Crippen LogP contribution in [0.5, 0.6) is 0 Å². The number of nitriles is 1. The predicted molar refractivity (Wildman–Crippen MR) is 123 cm³/mol. The number of hydrogen-bond donors (Lipinski definition) is 1. The molecule has 0 atom stereocenters. The summed E-state index contributed by atoms with van der Waals surface area (Å²) in [7, 11) is -3.02. The summed E-state index contributed by atoms with van der Waals surface area (Å²) in [5.74, 6) is -0.248. The highest BCUT2D eigenvalue weighted by atomic mass is 32.2. The van der Waals surface area contributed by atoms with Gasteiger partial charge in [-0.2, -0.15) is 10.4 Å². The van der Waals surface area contributed by atoms with Gasteiger partial charge in [0.1, 0.15) is 0 Å². The Morgan fingerprint density at radius 3 is 2.75 bits per heavy atom. The van der Waals surface area contributed by atoms with Crippen LogP contribution >= 0.6 is 0 Å². The summed E-state index contributed by atoms with van der Waals surface area (Å²) >= 11 is 0. The molecular formula is C24H28N4O3S. The molecule has 0 spiro atoms. The maximum Gasteiger partial charge on any atom is 0.244 e. The normalized spacial score (nSPS) is 19.8. The summed E-state index contributed by atoms with van der Waals surface area (Å²) in [6, 6.07) is 10.3. The lowest BCUT2D eigenvalue weighted by Gasteiger charge is -2.38. The summed E-state index contributed by atoms with van der Waals surface area (Å²) in [6.45, 7) is 5.95. The first-order valence-corrected chi connectivity index (χ1v) is 12.7. The van der Waals surface area contributed by atoms with E-state index in [-0.39, 0.29) is 23.5 Å². The molecule has 2 aliphatic rings. The number of carbonyl (C=O) groups is 1. The van der Waals surface area contributed by atoms with Gasteiger partial charge in [-0.3, -0.25) is 9.48 Å².